The Morgan fingerprint density at radius 2 is 1.75 bits per heavy atom. The maximum absolute atomic E-state index is 5.43. The van der Waals surface area contributed by atoms with E-state index in [1.54, 1.807) is 0 Å². The first kappa shape index (κ1) is 15.1. The van der Waals surface area contributed by atoms with Crippen LogP contribution in [0.5, 0.6) is 0 Å². The highest BCUT2D eigenvalue weighted by atomic mass is 16.5. The Kier molecular flexibility index (Phi) is 4.38. The number of aromatic nitrogens is 2. The van der Waals surface area contributed by atoms with Crippen molar-refractivity contribution in [3.8, 4) is 11.5 Å². The Balaban J connectivity index is 1.44. The van der Waals surface area contributed by atoms with Gasteiger partial charge in [-0.25, -0.2) is 0 Å². The molecule has 0 bridgehead atoms. The highest BCUT2D eigenvalue weighted by Crippen LogP contribution is 2.23. The lowest BCUT2D eigenvalue weighted by Gasteiger charge is -2.22. The van der Waals surface area contributed by atoms with Crippen LogP contribution in [0.2, 0.25) is 0 Å². The monoisotopic (exact) mass is 319 g/mol. The number of hydrogen-bond donors (Lipinski definition) is 0. The first-order valence-electron chi connectivity index (χ1n) is 8.54. The molecule has 0 aliphatic carbocycles. The summed E-state index contributed by atoms with van der Waals surface area (Å²) in [6.45, 7) is 1.86. The zero-order chi connectivity index (χ0) is 16.2. The molecule has 4 heteroatoms. The van der Waals surface area contributed by atoms with Gasteiger partial charge in [0.15, 0.2) is 5.82 Å². The van der Waals surface area contributed by atoms with E-state index in [-0.39, 0.29) is 0 Å². The number of rotatable bonds is 5. The van der Waals surface area contributed by atoms with Gasteiger partial charge in [-0.15, -0.1) is 0 Å². The topological polar surface area (TPSA) is 42.2 Å². The number of hydrogen-bond acceptors (Lipinski definition) is 4. The van der Waals surface area contributed by atoms with E-state index in [2.05, 4.69) is 45.4 Å². The van der Waals surface area contributed by atoms with E-state index < -0.39 is 0 Å². The summed E-state index contributed by atoms with van der Waals surface area (Å²) in [5.74, 6) is 1.37. The Hall–Kier alpha value is -2.46. The highest BCUT2D eigenvalue weighted by molar-refractivity contribution is 5.51. The number of likely N-dealkylation sites (tertiary alicyclic amines) is 1. The minimum absolute atomic E-state index is 0.561. The van der Waals surface area contributed by atoms with Crippen molar-refractivity contribution in [2.24, 2.45) is 0 Å². The fraction of sp³-hybridized carbons (Fsp3) is 0.300. The maximum Gasteiger partial charge on any atom is 0.257 e. The fourth-order valence-corrected chi connectivity index (χ4v) is 3.42. The molecule has 0 saturated carbocycles. The molecule has 1 fully saturated rings. The first-order chi connectivity index (χ1) is 11.9. The van der Waals surface area contributed by atoms with Crippen LogP contribution in [0.3, 0.4) is 0 Å². The summed E-state index contributed by atoms with van der Waals surface area (Å²) in [5.41, 5.74) is 2.37. The Labute approximate surface area is 142 Å². The van der Waals surface area contributed by atoms with Gasteiger partial charge in [0.05, 0.1) is 6.54 Å². The molecule has 2 heterocycles. The van der Waals surface area contributed by atoms with E-state index in [1.807, 2.05) is 30.3 Å². The van der Waals surface area contributed by atoms with Gasteiger partial charge in [-0.1, -0.05) is 53.7 Å². The van der Waals surface area contributed by atoms with E-state index in [0.717, 1.165) is 30.9 Å². The second kappa shape index (κ2) is 6.97. The zero-order valence-electron chi connectivity index (χ0n) is 13.6. The van der Waals surface area contributed by atoms with Crippen LogP contribution in [0, 0.1) is 0 Å². The van der Waals surface area contributed by atoms with E-state index in [9.17, 15) is 0 Å². The van der Waals surface area contributed by atoms with Crippen LogP contribution in [0.1, 0.15) is 24.2 Å². The summed E-state index contributed by atoms with van der Waals surface area (Å²) >= 11 is 0. The van der Waals surface area contributed by atoms with E-state index in [0.29, 0.717) is 11.9 Å². The van der Waals surface area contributed by atoms with Crippen LogP contribution < -0.4 is 0 Å². The fourth-order valence-electron chi connectivity index (χ4n) is 3.42. The molecule has 1 saturated heterocycles. The van der Waals surface area contributed by atoms with E-state index in [1.165, 1.54) is 18.4 Å². The van der Waals surface area contributed by atoms with Crippen molar-refractivity contribution >= 4 is 0 Å². The average Bonchev–Trinajstić information content (AvgIpc) is 3.27. The van der Waals surface area contributed by atoms with Gasteiger partial charge in [0.2, 0.25) is 0 Å². The molecular formula is C20H21N3O. The Bertz CT molecular complexity index is 770. The molecule has 0 amide bonds. The predicted octanol–water partition coefficient (Wildman–Crippen LogP) is 3.94. The third-order valence-electron chi connectivity index (χ3n) is 4.65. The standard InChI is InChI=1S/C20H21N3O/c1-3-8-16(9-4-1)14-18-12-7-13-23(18)15-19-21-20(24-22-19)17-10-5-2-6-11-17/h1-6,8-11,18H,7,12-15H2. The lowest BCUT2D eigenvalue weighted by Crippen LogP contribution is -2.31. The SMILES string of the molecule is c1ccc(CC2CCCN2Cc2noc(-c3ccccc3)n2)cc1. The summed E-state index contributed by atoms with van der Waals surface area (Å²) in [5, 5.41) is 4.17. The smallest absolute Gasteiger partial charge is 0.257 e. The summed E-state index contributed by atoms with van der Waals surface area (Å²) in [4.78, 5) is 7.04. The van der Waals surface area contributed by atoms with Gasteiger partial charge in [-0.3, -0.25) is 4.90 Å². The molecule has 3 aromatic rings. The van der Waals surface area contributed by atoms with E-state index >= 15 is 0 Å². The minimum Gasteiger partial charge on any atom is -0.334 e. The van der Waals surface area contributed by atoms with Gasteiger partial charge in [-0.05, 0) is 43.5 Å². The third kappa shape index (κ3) is 3.39. The molecule has 24 heavy (non-hydrogen) atoms. The third-order valence-corrected chi connectivity index (χ3v) is 4.65. The normalized spacial score (nSPS) is 18.1. The maximum atomic E-state index is 5.43. The van der Waals surface area contributed by atoms with Crippen LogP contribution >= 0.6 is 0 Å². The Morgan fingerprint density at radius 3 is 2.54 bits per heavy atom. The minimum atomic E-state index is 0.561. The van der Waals surface area contributed by atoms with Gasteiger partial charge in [0, 0.05) is 11.6 Å². The van der Waals surface area contributed by atoms with Gasteiger partial charge < -0.3 is 4.52 Å². The Morgan fingerprint density at radius 1 is 1.00 bits per heavy atom. The zero-order valence-corrected chi connectivity index (χ0v) is 13.6. The van der Waals surface area contributed by atoms with Crippen molar-refractivity contribution in [3.05, 3.63) is 72.1 Å². The highest BCUT2D eigenvalue weighted by Gasteiger charge is 2.26. The van der Waals surface area contributed by atoms with Crippen molar-refractivity contribution in [2.75, 3.05) is 6.54 Å². The molecule has 1 atom stereocenters. The molecule has 4 nitrogen and oxygen atoms in total. The molecule has 1 aliphatic heterocycles. The summed E-state index contributed by atoms with van der Waals surface area (Å²) in [7, 11) is 0. The van der Waals surface area contributed by atoms with Gasteiger partial charge in [0.25, 0.3) is 5.89 Å². The van der Waals surface area contributed by atoms with E-state index in [4.69, 9.17) is 4.52 Å². The predicted molar refractivity (Wildman–Crippen MR) is 93.3 cm³/mol. The van der Waals surface area contributed by atoms with Gasteiger partial charge in [0.1, 0.15) is 0 Å². The summed E-state index contributed by atoms with van der Waals surface area (Å²) < 4.78 is 5.43. The first-order valence-corrected chi connectivity index (χ1v) is 8.54. The molecule has 1 aliphatic rings. The molecule has 2 aromatic carbocycles. The number of benzene rings is 2. The molecule has 0 N–H and O–H groups in total. The molecular weight excluding hydrogens is 298 g/mol. The molecule has 0 radical (unpaired) electrons. The van der Waals surface area contributed by atoms with Crippen LogP contribution in [0.15, 0.2) is 65.2 Å². The van der Waals surface area contributed by atoms with Crippen LogP contribution in [-0.2, 0) is 13.0 Å². The van der Waals surface area contributed by atoms with Crippen LogP contribution in [0.25, 0.3) is 11.5 Å². The second-order valence-electron chi connectivity index (χ2n) is 6.34. The molecule has 1 aromatic heterocycles. The number of nitrogens with zero attached hydrogens (tertiary/aromatic N) is 3. The second-order valence-corrected chi connectivity index (χ2v) is 6.34. The molecule has 1 unspecified atom stereocenters. The lowest BCUT2D eigenvalue weighted by atomic mass is 10.0. The van der Waals surface area contributed by atoms with Crippen molar-refractivity contribution in [2.45, 2.75) is 31.8 Å². The summed E-state index contributed by atoms with van der Waals surface area (Å²) in [6, 6.07) is 21.2. The van der Waals surface area contributed by atoms with Crippen LogP contribution in [0.4, 0.5) is 0 Å². The van der Waals surface area contributed by atoms with Crippen molar-refractivity contribution < 1.29 is 4.52 Å². The van der Waals surface area contributed by atoms with Gasteiger partial charge in [-0.2, -0.15) is 4.98 Å². The largest absolute Gasteiger partial charge is 0.334 e. The average molecular weight is 319 g/mol. The summed E-state index contributed by atoms with van der Waals surface area (Å²) in [6.07, 6.45) is 3.56. The molecule has 4 rings (SSSR count). The molecule has 0 spiro atoms. The quantitative estimate of drug-likeness (QED) is 0.714. The van der Waals surface area contributed by atoms with Gasteiger partial charge >= 0.3 is 0 Å². The van der Waals surface area contributed by atoms with Crippen molar-refractivity contribution in [1.82, 2.24) is 15.0 Å². The molecule has 122 valence electrons. The van der Waals surface area contributed by atoms with Crippen molar-refractivity contribution in [1.29, 1.82) is 0 Å². The van der Waals surface area contributed by atoms with Crippen molar-refractivity contribution in [3.63, 3.8) is 0 Å². The lowest BCUT2D eigenvalue weighted by molar-refractivity contribution is 0.234. The van der Waals surface area contributed by atoms with Crippen LogP contribution in [-0.4, -0.2) is 27.6 Å².